The van der Waals surface area contributed by atoms with Gasteiger partial charge in [-0.3, -0.25) is 0 Å². The van der Waals surface area contributed by atoms with E-state index in [2.05, 4.69) is 15.9 Å². The molecule has 0 N–H and O–H groups in total. The number of hydrogen-bond donors (Lipinski definition) is 0. The molecule has 1 saturated heterocycles. The van der Waals surface area contributed by atoms with E-state index in [1.807, 2.05) is 54.6 Å². The second-order valence-corrected chi connectivity index (χ2v) is 5.90. The minimum absolute atomic E-state index is 0.0838. The number of rotatable bonds is 5. The van der Waals surface area contributed by atoms with Crippen LogP contribution in [0, 0.1) is 0 Å². The Labute approximate surface area is 143 Å². The van der Waals surface area contributed by atoms with Crippen LogP contribution in [0.4, 0.5) is 0 Å². The molecule has 5 heteroatoms. The van der Waals surface area contributed by atoms with Crippen molar-refractivity contribution in [3.63, 3.8) is 0 Å². The molecule has 0 aromatic heterocycles. The maximum atomic E-state index is 5.95. The van der Waals surface area contributed by atoms with Gasteiger partial charge < -0.3 is 14.2 Å². The number of halogens is 2. The summed E-state index contributed by atoms with van der Waals surface area (Å²) in [6.07, 6.45) is -0.0838. The van der Waals surface area contributed by atoms with Crippen LogP contribution in [-0.2, 0) is 15.3 Å². The monoisotopic (exact) mass is 382 g/mol. The molecule has 116 valence electrons. The van der Waals surface area contributed by atoms with Gasteiger partial charge in [0.05, 0.1) is 23.9 Å². The summed E-state index contributed by atoms with van der Waals surface area (Å²) >= 11 is 9.33. The predicted molar refractivity (Wildman–Crippen MR) is 90.0 cm³/mol. The van der Waals surface area contributed by atoms with E-state index in [4.69, 9.17) is 25.8 Å². The zero-order chi connectivity index (χ0) is 15.4. The van der Waals surface area contributed by atoms with Gasteiger partial charge in [0, 0.05) is 5.56 Å². The average Bonchev–Trinajstić information content (AvgIpc) is 3.01. The fourth-order valence-corrected chi connectivity index (χ4v) is 3.11. The van der Waals surface area contributed by atoms with E-state index >= 15 is 0 Å². The van der Waals surface area contributed by atoms with Crippen LogP contribution in [0.2, 0.25) is 0 Å². The molecule has 1 fully saturated rings. The van der Waals surface area contributed by atoms with Gasteiger partial charge in [0.1, 0.15) is 11.5 Å². The highest BCUT2D eigenvalue weighted by molar-refractivity contribution is 9.09. The van der Waals surface area contributed by atoms with Crippen LogP contribution in [0.15, 0.2) is 54.6 Å². The van der Waals surface area contributed by atoms with E-state index in [9.17, 15) is 0 Å². The molecular formula is C17H16BrClO3. The van der Waals surface area contributed by atoms with Crippen LogP contribution in [0.25, 0.3) is 0 Å². The van der Waals surface area contributed by atoms with Crippen molar-refractivity contribution in [3.05, 3.63) is 60.2 Å². The molecule has 2 aromatic rings. The average molecular weight is 384 g/mol. The molecule has 0 saturated carbocycles. The highest BCUT2D eigenvalue weighted by Crippen LogP contribution is 2.37. The molecule has 3 rings (SSSR count). The van der Waals surface area contributed by atoms with E-state index in [0.29, 0.717) is 17.8 Å². The van der Waals surface area contributed by atoms with Gasteiger partial charge in [-0.05, 0) is 36.4 Å². The minimum Gasteiger partial charge on any atom is -0.457 e. The van der Waals surface area contributed by atoms with Gasteiger partial charge in [0.25, 0.3) is 0 Å². The van der Waals surface area contributed by atoms with E-state index in [-0.39, 0.29) is 6.10 Å². The number of hydrogen-bond acceptors (Lipinski definition) is 3. The van der Waals surface area contributed by atoms with Crippen molar-refractivity contribution in [2.45, 2.75) is 11.9 Å². The fraction of sp³-hybridized carbons (Fsp3) is 0.294. The maximum Gasteiger partial charge on any atom is 0.205 e. The summed E-state index contributed by atoms with van der Waals surface area (Å²) in [5, 5.41) is 0.548. The smallest absolute Gasteiger partial charge is 0.205 e. The summed E-state index contributed by atoms with van der Waals surface area (Å²) in [5.74, 6) is 1.22. The topological polar surface area (TPSA) is 27.7 Å². The van der Waals surface area contributed by atoms with Crippen molar-refractivity contribution in [1.29, 1.82) is 0 Å². The zero-order valence-electron chi connectivity index (χ0n) is 11.9. The third-order valence-electron chi connectivity index (χ3n) is 3.48. The van der Waals surface area contributed by atoms with Crippen molar-refractivity contribution >= 4 is 27.5 Å². The van der Waals surface area contributed by atoms with Gasteiger partial charge in [-0.25, -0.2) is 0 Å². The molecule has 0 bridgehead atoms. The molecule has 0 aliphatic carbocycles. The Bertz CT molecular complexity index is 605. The van der Waals surface area contributed by atoms with E-state index < -0.39 is 5.79 Å². The van der Waals surface area contributed by atoms with Crippen molar-refractivity contribution in [2.75, 3.05) is 17.8 Å². The van der Waals surface area contributed by atoms with Crippen LogP contribution in [0.3, 0.4) is 0 Å². The highest BCUT2D eigenvalue weighted by atomic mass is 79.9. The molecule has 0 unspecified atom stereocenters. The Morgan fingerprint density at radius 2 is 1.77 bits per heavy atom. The molecular weight excluding hydrogens is 368 g/mol. The fourth-order valence-electron chi connectivity index (χ4n) is 2.34. The van der Waals surface area contributed by atoms with Crippen molar-refractivity contribution in [3.8, 4) is 11.5 Å². The van der Waals surface area contributed by atoms with Crippen LogP contribution in [0.1, 0.15) is 5.56 Å². The summed E-state index contributed by atoms with van der Waals surface area (Å²) in [4.78, 5) is 0. The van der Waals surface area contributed by atoms with Crippen LogP contribution in [0.5, 0.6) is 11.5 Å². The van der Waals surface area contributed by atoms with Crippen molar-refractivity contribution in [2.24, 2.45) is 0 Å². The molecule has 1 aliphatic rings. The standard InChI is InChI=1S/C17H16BrClO3/c18-12-17(20-11-16(10-19)22-17)13-6-8-15(9-7-13)21-14-4-2-1-3-5-14/h1-9,16H,10-12H2/t16-,17+/m1/s1. The summed E-state index contributed by atoms with van der Waals surface area (Å²) in [6, 6.07) is 17.4. The van der Waals surface area contributed by atoms with Crippen LogP contribution < -0.4 is 4.74 Å². The number of benzene rings is 2. The maximum absolute atomic E-state index is 5.95. The lowest BCUT2D eigenvalue weighted by molar-refractivity contribution is -0.154. The summed E-state index contributed by atoms with van der Waals surface area (Å²) in [7, 11) is 0. The first-order valence-electron chi connectivity index (χ1n) is 7.03. The predicted octanol–water partition coefficient (Wildman–Crippen LogP) is 4.68. The molecule has 1 heterocycles. The third-order valence-corrected chi connectivity index (χ3v) is 4.56. The molecule has 0 spiro atoms. The normalized spacial score (nSPS) is 24.4. The molecule has 3 nitrogen and oxygen atoms in total. The largest absolute Gasteiger partial charge is 0.457 e. The molecule has 22 heavy (non-hydrogen) atoms. The molecule has 2 aromatic carbocycles. The van der Waals surface area contributed by atoms with E-state index in [0.717, 1.165) is 17.1 Å². The second-order valence-electron chi connectivity index (χ2n) is 5.03. The number of alkyl halides is 2. The SMILES string of the molecule is ClC[C@@H]1CO[C@](CBr)(c2ccc(Oc3ccccc3)cc2)O1. The van der Waals surface area contributed by atoms with Gasteiger partial charge in [0.2, 0.25) is 5.79 Å². The Hall–Kier alpha value is -1.07. The molecule has 2 atom stereocenters. The van der Waals surface area contributed by atoms with Gasteiger partial charge in [-0.1, -0.05) is 34.1 Å². The van der Waals surface area contributed by atoms with E-state index in [1.165, 1.54) is 0 Å². The third kappa shape index (κ3) is 3.30. The minimum atomic E-state index is -0.773. The van der Waals surface area contributed by atoms with Crippen molar-refractivity contribution in [1.82, 2.24) is 0 Å². The number of ether oxygens (including phenoxy) is 3. The van der Waals surface area contributed by atoms with Gasteiger partial charge in [-0.15, -0.1) is 11.6 Å². The molecule has 0 amide bonds. The molecule has 0 radical (unpaired) electrons. The van der Waals surface area contributed by atoms with E-state index in [1.54, 1.807) is 0 Å². The first-order valence-corrected chi connectivity index (χ1v) is 8.68. The van der Waals surface area contributed by atoms with Crippen LogP contribution >= 0.6 is 27.5 Å². The Morgan fingerprint density at radius 1 is 1.09 bits per heavy atom. The number of para-hydroxylation sites is 1. The highest BCUT2D eigenvalue weighted by Gasteiger charge is 2.42. The van der Waals surface area contributed by atoms with Gasteiger partial charge in [0.15, 0.2) is 0 Å². The molecule has 1 aliphatic heterocycles. The summed E-state index contributed by atoms with van der Waals surface area (Å²) in [5.41, 5.74) is 0.942. The Balaban J connectivity index is 1.76. The zero-order valence-corrected chi connectivity index (χ0v) is 14.2. The Kier molecular flexibility index (Phi) is 5.03. The van der Waals surface area contributed by atoms with Crippen LogP contribution in [-0.4, -0.2) is 23.9 Å². The lowest BCUT2D eigenvalue weighted by Gasteiger charge is -2.26. The van der Waals surface area contributed by atoms with Gasteiger partial charge in [-0.2, -0.15) is 0 Å². The van der Waals surface area contributed by atoms with Gasteiger partial charge >= 0.3 is 0 Å². The van der Waals surface area contributed by atoms with Crippen molar-refractivity contribution < 1.29 is 14.2 Å². The summed E-state index contributed by atoms with van der Waals surface area (Å²) in [6.45, 7) is 0.497. The summed E-state index contributed by atoms with van der Waals surface area (Å²) < 4.78 is 17.6. The Morgan fingerprint density at radius 3 is 2.36 bits per heavy atom. The lowest BCUT2D eigenvalue weighted by atomic mass is 10.1. The second kappa shape index (κ2) is 7.01. The quantitative estimate of drug-likeness (QED) is 0.702. The lowest BCUT2D eigenvalue weighted by Crippen LogP contribution is -2.30. The first-order chi connectivity index (χ1) is 10.8. The first kappa shape index (κ1) is 15.8.